The lowest BCUT2D eigenvalue weighted by Gasteiger charge is -2.40. The van der Waals surface area contributed by atoms with Crippen LogP contribution in [0, 0.1) is 11.8 Å². The number of hydrogen-bond donors (Lipinski definition) is 0. The molecule has 84 valence electrons. The summed E-state index contributed by atoms with van der Waals surface area (Å²) in [6, 6.07) is 1.13. The Bertz CT molecular complexity index is 271. The van der Waals surface area contributed by atoms with Crippen molar-refractivity contribution in [2.24, 2.45) is 11.8 Å². The summed E-state index contributed by atoms with van der Waals surface area (Å²) in [6.07, 6.45) is 8.62. The first kappa shape index (κ1) is 10.1. The van der Waals surface area contributed by atoms with E-state index in [4.69, 9.17) is 8.85 Å². The fourth-order valence-electron chi connectivity index (χ4n) is 3.56. The van der Waals surface area contributed by atoms with Gasteiger partial charge in [-0.2, -0.15) is 0 Å². The van der Waals surface area contributed by atoms with E-state index in [0.29, 0.717) is 0 Å². The maximum atomic E-state index is 6.13. The van der Waals surface area contributed by atoms with E-state index < -0.39 is 8.56 Å². The molecule has 2 nitrogen and oxygen atoms in total. The third-order valence-electron chi connectivity index (χ3n) is 4.32. The van der Waals surface area contributed by atoms with Gasteiger partial charge in [0.1, 0.15) is 0 Å². The second-order valence-corrected chi connectivity index (χ2v) is 8.75. The van der Waals surface area contributed by atoms with Gasteiger partial charge in [-0.05, 0) is 37.1 Å². The quantitative estimate of drug-likeness (QED) is 0.530. The third kappa shape index (κ3) is 1.52. The zero-order chi connectivity index (χ0) is 10.3. The molecule has 0 amide bonds. The molecule has 0 aromatic rings. The van der Waals surface area contributed by atoms with Crippen molar-refractivity contribution in [3.63, 3.8) is 0 Å². The Morgan fingerprint density at radius 2 is 2.00 bits per heavy atom. The minimum Gasteiger partial charge on any atom is -0.394 e. The normalized spacial score (nSPS) is 42.3. The summed E-state index contributed by atoms with van der Waals surface area (Å²) in [5, 5.41) is 0. The monoisotopic (exact) mass is 224 g/mol. The van der Waals surface area contributed by atoms with Crippen molar-refractivity contribution in [2.75, 3.05) is 13.2 Å². The molecule has 3 heteroatoms. The molecule has 1 saturated heterocycles. The van der Waals surface area contributed by atoms with Crippen LogP contribution in [-0.2, 0) is 8.85 Å². The molecular weight excluding hydrogens is 204 g/mol. The first-order valence-electron chi connectivity index (χ1n) is 6.30. The van der Waals surface area contributed by atoms with E-state index in [9.17, 15) is 0 Å². The summed E-state index contributed by atoms with van der Waals surface area (Å²) in [4.78, 5) is 0. The summed E-state index contributed by atoms with van der Waals surface area (Å²) >= 11 is 0. The van der Waals surface area contributed by atoms with Gasteiger partial charge in [-0.15, -0.1) is 0 Å². The van der Waals surface area contributed by atoms with Crippen LogP contribution >= 0.6 is 0 Å². The minimum absolute atomic E-state index is 0.748. The lowest BCUT2D eigenvalue weighted by atomic mass is 10.1. The Balaban J connectivity index is 1.81. The van der Waals surface area contributed by atoms with Gasteiger partial charge in [-0.25, -0.2) is 0 Å². The van der Waals surface area contributed by atoms with E-state index in [1.54, 1.807) is 0 Å². The van der Waals surface area contributed by atoms with E-state index in [2.05, 4.69) is 19.1 Å². The average molecular weight is 224 g/mol. The van der Waals surface area contributed by atoms with Crippen LogP contribution in [-0.4, -0.2) is 21.8 Å². The first-order valence-corrected chi connectivity index (χ1v) is 8.40. The van der Waals surface area contributed by atoms with E-state index >= 15 is 0 Å². The molecule has 3 aliphatic rings. The summed E-state index contributed by atoms with van der Waals surface area (Å²) in [6.45, 7) is 4.14. The van der Waals surface area contributed by atoms with Crippen LogP contribution < -0.4 is 0 Å². The molecule has 0 spiro atoms. The molecule has 2 fully saturated rings. The van der Waals surface area contributed by atoms with E-state index in [1.165, 1.54) is 12.8 Å². The standard InChI is InChI=1S/C12H20O2Si/c1-2-15(13-6-3-7-14-15)12-9-10-4-5-11(12)8-10/h4-5,10-12H,2-3,6-9H2,1H3. The Morgan fingerprint density at radius 1 is 1.20 bits per heavy atom. The van der Waals surface area contributed by atoms with Gasteiger partial charge in [0.15, 0.2) is 0 Å². The number of fused-ring (bicyclic) bond motifs is 2. The van der Waals surface area contributed by atoms with Crippen LogP contribution in [0.1, 0.15) is 26.2 Å². The largest absolute Gasteiger partial charge is 0.394 e. The number of rotatable bonds is 2. The van der Waals surface area contributed by atoms with Crippen LogP contribution in [0.15, 0.2) is 12.2 Å². The molecule has 2 bridgehead atoms. The molecule has 1 heterocycles. The molecule has 3 atom stereocenters. The molecule has 15 heavy (non-hydrogen) atoms. The second kappa shape index (κ2) is 3.72. The molecule has 1 aliphatic heterocycles. The van der Waals surface area contributed by atoms with E-state index in [1.807, 2.05) is 0 Å². The van der Waals surface area contributed by atoms with Gasteiger partial charge in [0.25, 0.3) is 0 Å². The van der Waals surface area contributed by atoms with Gasteiger partial charge in [-0.3, -0.25) is 0 Å². The van der Waals surface area contributed by atoms with Gasteiger partial charge >= 0.3 is 8.56 Å². The molecule has 3 unspecified atom stereocenters. The highest BCUT2D eigenvalue weighted by Gasteiger charge is 2.53. The molecule has 0 aromatic heterocycles. The van der Waals surface area contributed by atoms with Crippen LogP contribution in [0.5, 0.6) is 0 Å². The highest BCUT2D eigenvalue weighted by atomic mass is 28.4. The van der Waals surface area contributed by atoms with Crippen LogP contribution in [0.3, 0.4) is 0 Å². The van der Waals surface area contributed by atoms with Gasteiger partial charge in [0.2, 0.25) is 0 Å². The predicted molar refractivity (Wildman–Crippen MR) is 61.9 cm³/mol. The molecule has 2 aliphatic carbocycles. The molecule has 1 saturated carbocycles. The Morgan fingerprint density at radius 3 is 2.53 bits per heavy atom. The van der Waals surface area contributed by atoms with Crippen LogP contribution in [0.2, 0.25) is 11.6 Å². The summed E-state index contributed by atoms with van der Waals surface area (Å²) in [5.41, 5.74) is 0.748. The second-order valence-electron chi connectivity index (χ2n) is 5.10. The first-order chi connectivity index (χ1) is 7.34. The fraction of sp³-hybridized carbons (Fsp3) is 0.833. The van der Waals surface area contributed by atoms with Crippen LogP contribution in [0.25, 0.3) is 0 Å². The van der Waals surface area contributed by atoms with Crippen LogP contribution in [0.4, 0.5) is 0 Å². The predicted octanol–water partition coefficient (Wildman–Crippen LogP) is 2.85. The summed E-state index contributed by atoms with van der Waals surface area (Å²) in [7, 11) is -1.83. The Kier molecular flexibility index (Phi) is 2.49. The lowest BCUT2D eigenvalue weighted by Crippen LogP contribution is -2.50. The number of allylic oxidation sites excluding steroid dienone is 2. The van der Waals surface area contributed by atoms with Gasteiger partial charge in [-0.1, -0.05) is 19.1 Å². The van der Waals surface area contributed by atoms with Crippen molar-refractivity contribution in [3.05, 3.63) is 12.2 Å². The summed E-state index contributed by atoms with van der Waals surface area (Å²) in [5.74, 6) is 1.62. The number of hydrogen-bond acceptors (Lipinski definition) is 2. The highest BCUT2D eigenvalue weighted by molar-refractivity contribution is 6.69. The summed E-state index contributed by atoms with van der Waals surface area (Å²) < 4.78 is 12.3. The van der Waals surface area contributed by atoms with Crippen molar-refractivity contribution in [1.82, 2.24) is 0 Å². The Labute approximate surface area is 92.9 Å². The van der Waals surface area contributed by atoms with Crippen molar-refractivity contribution in [3.8, 4) is 0 Å². The third-order valence-corrected chi connectivity index (χ3v) is 8.48. The van der Waals surface area contributed by atoms with E-state index in [0.717, 1.165) is 43.1 Å². The lowest BCUT2D eigenvalue weighted by molar-refractivity contribution is 0.0980. The van der Waals surface area contributed by atoms with Gasteiger partial charge in [0.05, 0.1) is 0 Å². The smallest absolute Gasteiger partial charge is 0.341 e. The van der Waals surface area contributed by atoms with Crippen molar-refractivity contribution < 1.29 is 8.85 Å². The molecular formula is C12H20O2Si. The molecule has 0 radical (unpaired) electrons. The minimum atomic E-state index is -1.83. The maximum absolute atomic E-state index is 6.13. The average Bonchev–Trinajstić information content (AvgIpc) is 2.92. The Hall–Kier alpha value is -0.123. The molecule has 0 aromatic carbocycles. The SMILES string of the molecule is CC[Si]1(C2CC3C=CC2C3)OCCCO1. The molecule has 3 rings (SSSR count). The van der Waals surface area contributed by atoms with Crippen molar-refractivity contribution >= 4 is 8.56 Å². The van der Waals surface area contributed by atoms with Crippen molar-refractivity contribution in [1.29, 1.82) is 0 Å². The van der Waals surface area contributed by atoms with Gasteiger partial charge in [0, 0.05) is 18.8 Å². The van der Waals surface area contributed by atoms with E-state index in [-0.39, 0.29) is 0 Å². The topological polar surface area (TPSA) is 18.5 Å². The fourth-order valence-corrected chi connectivity index (χ4v) is 7.54. The van der Waals surface area contributed by atoms with Crippen molar-refractivity contribution in [2.45, 2.75) is 37.8 Å². The molecule has 0 N–H and O–H groups in total. The van der Waals surface area contributed by atoms with Gasteiger partial charge < -0.3 is 8.85 Å². The zero-order valence-electron chi connectivity index (χ0n) is 9.45. The maximum Gasteiger partial charge on any atom is 0.341 e. The highest BCUT2D eigenvalue weighted by Crippen LogP contribution is 2.53. The zero-order valence-corrected chi connectivity index (χ0v) is 10.4.